The number of hydrogen-bond acceptors (Lipinski definition) is 4. The Labute approximate surface area is 181 Å². The molecule has 1 atom stereocenters. The predicted molar refractivity (Wildman–Crippen MR) is 125 cm³/mol. The highest BCUT2D eigenvalue weighted by Crippen LogP contribution is 2.33. The van der Waals surface area contributed by atoms with Crippen LogP contribution in [0, 0.1) is 6.92 Å². The fraction of sp³-hybridized carbons (Fsp3) is 0.583. The first-order valence-corrected chi connectivity index (χ1v) is 11.8. The predicted octanol–water partition coefficient (Wildman–Crippen LogP) is 5.36. The molecule has 1 amide bonds. The standard InChI is InChI=1S/C15H19NS.C9H18N2O/c1-5-14-11(4)16-15(17-14)13-9-7-6-8-12(13)10(2)3;1-3-11(4-2)9-5-6-10(7-9)8-12/h6-10H,5H2,1-4H3;8-9H,3-7H2,1-2H3. The lowest BCUT2D eigenvalue weighted by molar-refractivity contribution is -0.117. The first kappa shape index (κ1) is 23.6. The molecule has 1 aromatic heterocycles. The van der Waals surface area contributed by atoms with E-state index in [2.05, 4.69) is 70.7 Å². The zero-order chi connectivity index (χ0) is 21.4. The maximum absolute atomic E-state index is 10.5. The van der Waals surface area contributed by atoms with Gasteiger partial charge in [0.15, 0.2) is 0 Å². The molecule has 1 aliphatic heterocycles. The zero-order valence-corrected chi connectivity index (χ0v) is 19.8. The van der Waals surface area contributed by atoms with E-state index in [9.17, 15) is 4.79 Å². The fourth-order valence-electron chi connectivity index (χ4n) is 3.97. The van der Waals surface area contributed by atoms with Gasteiger partial charge in [0.1, 0.15) is 5.01 Å². The van der Waals surface area contributed by atoms with Gasteiger partial charge in [0.05, 0.1) is 5.69 Å². The first-order chi connectivity index (χ1) is 13.9. The molecule has 1 fully saturated rings. The number of aromatic nitrogens is 1. The van der Waals surface area contributed by atoms with Gasteiger partial charge in [0.25, 0.3) is 0 Å². The van der Waals surface area contributed by atoms with Crippen LogP contribution in [0.5, 0.6) is 0 Å². The number of nitrogens with zero attached hydrogens (tertiary/aromatic N) is 3. The van der Waals surface area contributed by atoms with Crippen LogP contribution in [0.3, 0.4) is 0 Å². The second-order valence-corrected chi connectivity index (χ2v) is 8.97. The van der Waals surface area contributed by atoms with Gasteiger partial charge in [-0.05, 0) is 44.3 Å². The summed E-state index contributed by atoms with van der Waals surface area (Å²) in [5.74, 6) is 0.542. The average molecular weight is 416 g/mol. The molecule has 0 bridgehead atoms. The number of amides is 1. The van der Waals surface area contributed by atoms with Gasteiger partial charge in [-0.2, -0.15) is 0 Å². The highest BCUT2D eigenvalue weighted by molar-refractivity contribution is 7.15. The second-order valence-electron chi connectivity index (χ2n) is 7.89. The molecule has 0 saturated carbocycles. The van der Waals surface area contributed by atoms with Crippen molar-refractivity contribution in [3.8, 4) is 10.6 Å². The number of aryl methyl sites for hydroxylation is 2. The van der Waals surface area contributed by atoms with Gasteiger partial charge in [-0.25, -0.2) is 4.98 Å². The lowest BCUT2D eigenvalue weighted by atomic mass is 9.98. The van der Waals surface area contributed by atoms with Gasteiger partial charge in [0, 0.05) is 29.6 Å². The quantitative estimate of drug-likeness (QED) is 0.571. The van der Waals surface area contributed by atoms with Gasteiger partial charge in [-0.3, -0.25) is 9.69 Å². The third kappa shape index (κ3) is 6.13. The van der Waals surface area contributed by atoms with E-state index >= 15 is 0 Å². The molecule has 1 aliphatic rings. The summed E-state index contributed by atoms with van der Waals surface area (Å²) in [5, 5.41) is 1.17. The summed E-state index contributed by atoms with van der Waals surface area (Å²) in [7, 11) is 0. The molecule has 4 nitrogen and oxygen atoms in total. The van der Waals surface area contributed by atoms with Crippen molar-refractivity contribution < 1.29 is 4.79 Å². The van der Waals surface area contributed by atoms with Crippen LogP contribution < -0.4 is 0 Å². The third-order valence-corrected chi connectivity index (χ3v) is 7.03. The van der Waals surface area contributed by atoms with E-state index in [4.69, 9.17) is 4.98 Å². The fourth-order valence-corrected chi connectivity index (χ4v) is 5.02. The van der Waals surface area contributed by atoms with Crippen molar-refractivity contribution in [1.82, 2.24) is 14.8 Å². The molecule has 160 valence electrons. The minimum absolute atomic E-state index is 0.542. The maximum Gasteiger partial charge on any atom is 0.209 e. The van der Waals surface area contributed by atoms with Gasteiger partial charge in [0.2, 0.25) is 6.41 Å². The number of benzene rings is 1. The SMILES string of the molecule is CCN(CC)C1CCN(C=O)C1.CCc1sc(-c2ccccc2C(C)C)nc1C. The van der Waals surface area contributed by atoms with Gasteiger partial charge in [-0.15, -0.1) is 11.3 Å². The second kappa shape index (κ2) is 11.5. The van der Waals surface area contributed by atoms with Crippen molar-refractivity contribution in [2.75, 3.05) is 26.2 Å². The monoisotopic (exact) mass is 415 g/mol. The van der Waals surface area contributed by atoms with E-state index in [1.54, 1.807) is 0 Å². The molecule has 1 aromatic carbocycles. The third-order valence-electron chi connectivity index (χ3n) is 5.70. The van der Waals surface area contributed by atoms with E-state index in [1.807, 2.05) is 16.2 Å². The Morgan fingerprint density at radius 3 is 2.45 bits per heavy atom. The smallest absolute Gasteiger partial charge is 0.209 e. The normalized spacial score (nSPS) is 16.3. The van der Waals surface area contributed by atoms with Gasteiger partial charge < -0.3 is 4.90 Å². The van der Waals surface area contributed by atoms with Crippen LogP contribution in [0.15, 0.2) is 24.3 Å². The summed E-state index contributed by atoms with van der Waals surface area (Å²) < 4.78 is 0. The summed E-state index contributed by atoms with van der Waals surface area (Å²) in [6, 6.07) is 9.21. The van der Waals surface area contributed by atoms with Gasteiger partial charge in [-0.1, -0.05) is 58.9 Å². The molecule has 1 unspecified atom stereocenters. The Kier molecular flexibility index (Phi) is 9.31. The van der Waals surface area contributed by atoms with Crippen LogP contribution in [-0.2, 0) is 11.2 Å². The van der Waals surface area contributed by atoms with Crippen molar-refractivity contribution in [3.05, 3.63) is 40.4 Å². The van der Waals surface area contributed by atoms with Crippen molar-refractivity contribution in [2.45, 2.75) is 66.3 Å². The number of hydrogen-bond donors (Lipinski definition) is 0. The number of thiazole rings is 1. The number of carbonyl (C=O) groups is 1. The molecule has 1 saturated heterocycles. The van der Waals surface area contributed by atoms with E-state index in [-0.39, 0.29) is 0 Å². The lowest BCUT2D eigenvalue weighted by Gasteiger charge is -2.25. The number of carbonyl (C=O) groups excluding carboxylic acids is 1. The van der Waals surface area contributed by atoms with Crippen molar-refractivity contribution in [1.29, 1.82) is 0 Å². The molecule has 29 heavy (non-hydrogen) atoms. The van der Waals surface area contributed by atoms with E-state index in [0.717, 1.165) is 45.4 Å². The molecular weight excluding hydrogens is 378 g/mol. The van der Waals surface area contributed by atoms with Crippen LogP contribution >= 0.6 is 11.3 Å². The summed E-state index contributed by atoms with van der Waals surface area (Å²) in [6.07, 6.45) is 3.18. The molecule has 5 heteroatoms. The van der Waals surface area contributed by atoms with Crippen molar-refractivity contribution >= 4 is 17.7 Å². The summed E-state index contributed by atoms with van der Waals surface area (Å²) in [5.41, 5.74) is 3.88. The van der Waals surface area contributed by atoms with E-state index in [0.29, 0.717) is 12.0 Å². The summed E-state index contributed by atoms with van der Waals surface area (Å²) in [4.78, 5) is 20.9. The minimum Gasteiger partial charge on any atom is -0.344 e. The Morgan fingerprint density at radius 1 is 1.24 bits per heavy atom. The number of likely N-dealkylation sites (N-methyl/N-ethyl adjacent to an activating group) is 1. The Hall–Kier alpha value is -1.72. The first-order valence-electron chi connectivity index (χ1n) is 10.9. The Morgan fingerprint density at radius 2 is 1.93 bits per heavy atom. The molecule has 0 N–H and O–H groups in total. The highest BCUT2D eigenvalue weighted by Gasteiger charge is 2.24. The molecule has 2 heterocycles. The molecule has 0 radical (unpaired) electrons. The lowest BCUT2D eigenvalue weighted by Crippen LogP contribution is -2.37. The maximum atomic E-state index is 10.5. The van der Waals surface area contributed by atoms with Crippen LogP contribution in [0.1, 0.15) is 63.1 Å². The zero-order valence-electron chi connectivity index (χ0n) is 18.9. The molecule has 0 aliphatic carbocycles. The van der Waals surface area contributed by atoms with Crippen LogP contribution in [0.2, 0.25) is 0 Å². The Balaban J connectivity index is 0.000000221. The van der Waals surface area contributed by atoms with Gasteiger partial charge >= 0.3 is 0 Å². The Bertz CT molecular complexity index is 767. The molecule has 2 aromatic rings. The van der Waals surface area contributed by atoms with Crippen LogP contribution in [0.25, 0.3) is 10.6 Å². The van der Waals surface area contributed by atoms with E-state index < -0.39 is 0 Å². The largest absolute Gasteiger partial charge is 0.344 e. The summed E-state index contributed by atoms with van der Waals surface area (Å²) in [6.45, 7) is 17.2. The topological polar surface area (TPSA) is 36.4 Å². The molecular formula is C24H37N3OS. The van der Waals surface area contributed by atoms with Crippen molar-refractivity contribution in [2.24, 2.45) is 0 Å². The average Bonchev–Trinajstić information content (AvgIpc) is 3.36. The van der Waals surface area contributed by atoms with Crippen LogP contribution in [-0.4, -0.2) is 53.4 Å². The highest BCUT2D eigenvalue weighted by atomic mass is 32.1. The number of rotatable bonds is 7. The number of likely N-dealkylation sites (tertiary alicyclic amines) is 1. The molecule has 0 spiro atoms. The van der Waals surface area contributed by atoms with Crippen LogP contribution in [0.4, 0.5) is 0 Å². The van der Waals surface area contributed by atoms with E-state index in [1.165, 1.54) is 26.7 Å². The minimum atomic E-state index is 0.542. The van der Waals surface area contributed by atoms with Crippen molar-refractivity contribution in [3.63, 3.8) is 0 Å². The molecule has 3 rings (SSSR count). The summed E-state index contributed by atoms with van der Waals surface area (Å²) >= 11 is 1.83.